The Kier molecular flexibility index (Phi) is 6.65. The standard InChI is InChI=1S/C29H20Cl2F2N8/c30-21-6-7-23(32)29(25(21)33)38-26-17(12-35)13-36-28-20(26)9-18(10-22(28)31)37-27(16-3-1-2-15(8-16)11-34)24-14-41(40-39-24)19-4-5-19/h1-3,6-10,13-14,19,27,37,39-40H,4-5H2,(H,36,38)/t27-/m1/s1/i27D. The van der Waals surface area contributed by atoms with E-state index in [0.717, 1.165) is 25.0 Å². The number of rotatable bonds is 7. The molecule has 4 N–H and O–H groups in total. The van der Waals surface area contributed by atoms with E-state index >= 15 is 0 Å². The topological polar surface area (TPSA) is 112 Å². The average molecular weight is 590 g/mol. The minimum Gasteiger partial charge on any atom is -0.373 e. The number of halogens is 4. The normalized spacial score (nSPS) is 16.2. The summed E-state index contributed by atoms with van der Waals surface area (Å²) in [5.41, 5.74) is 7.51. The molecule has 41 heavy (non-hydrogen) atoms. The number of nitrogens with one attached hydrogen (secondary N) is 4. The third-order valence-electron chi connectivity index (χ3n) is 6.69. The summed E-state index contributed by atoms with van der Waals surface area (Å²) in [6, 6.07) is 14.6. The lowest BCUT2D eigenvalue weighted by Crippen LogP contribution is -2.38. The van der Waals surface area contributed by atoms with Gasteiger partial charge in [-0.1, -0.05) is 35.3 Å². The molecule has 12 heteroatoms. The first-order valence-corrected chi connectivity index (χ1v) is 13.2. The highest BCUT2D eigenvalue weighted by atomic mass is 35.5. The van der Waals surface area contributed by atoms with Gasteiger partial charge >= 0.3 is 0 Å². The third-order valence-corrected chi connectivity index (χ3v) is 7.27. The summed E-state index contributed by atoms with van der Waals surface area (Å²) in [7, 11) is 0. The van der Waals surface area contributed by atoms with Crippen molar-refractivity contribution in [2.75, 3.05) is 10.6 Å². The minimum atomic E-state index is -1.65. The molecular weight excluding hydrogens is 569 g/mol. The van der Waals surface area contributed by atoms with E-state index in [0.29, 0.717) is 28.6 Å². The monoisotopic (exact) mass is 589 g/mol. The van der Waals surface area contributed by atoms with Crippen molar-refractivity contribution < 1.29 is 10.2 Å². The zero-order valence-corrected chi connectivity index (χ0v) is 22.6. The quantitative estimate of drug-likeness (QED) is 0.174. The molecule has 8 nitrogen and oxygen atoms in total. The average Bonchev–Trinajstić information content (AvgIpc) is 3.72. The van der Waals surface area contributed by atoms with Gasteiger partial charge in [-0.25, -0.2) is 8.78 Å². The van der Waals surface area contributed by atoms with Gasteiger partial charge in [0, 0.05) is 29.5 Å². The van der Waals surface area contributed by atoms with Crippen LogP contribution in [0, 0.1) is 34.3 Å². The molecule has 2 aliphatic rings. The van der Waals surface area contributed by atoms with Gasteiger partial charge in [-0.2, -0.15) is 10.5 Å². The van der Waals surface area contributed by atoms with Crippen LogP contribution >= 0.6 is 23.2 Å². The summed E-state index contributed by atoms with van der Waals surface area (Å²) < 4.78 is 39.1. The Morgan fingerprint density at radius 1 is 1.07 bits per heavy atom. The van der Waals surface area contributed by atoms with Gasteiger partial charge in [0.25, 0.3) is 0 Å². The zero-order valence-electron chi connectivity index (χ0n) is 22.1. The SMILES string of the molecule is [2H][C@](Nc1cc(Cl)c2ncc(C#N)c(Nc3c(F)ccc(Cl)c3F)c2c1)(C1=CN(C2CC2)NN1)c1cccc(C#N)c1. The van der Waals surface area contributed by atoms with Gasteiger partial charge in [0.2, 0.25) is 0 Å². The number of hydrazine groups is 2. The second-order valence-corrected chi connectivity index (χ2v) is 10.3. The molecule has 1 aromatic heterocycles. The van der Waals surface area contributed by atoms with Gasteiger partial charge in [-0.05, 0) is 54.8 Å². The van der Waals surface area contributed by atoms with E-state index in [1.165, 1.54) is 6.20 Å². The van der Waals surface area contributed by atoms with E-state index in [1.54, 1.807) is 42.6 Å². The van der Waals surface area contributed by atoms with Gasteiger partial charge in [-0.3, -0.25) is 9.99 Å². The van der Waals surface area contributed by atoms with Crippen LogP contribution in [0.2, 0.25) is 10.0 Å². The van der Waals surface area contributed by atoms with Crippen molar-refractivity contribution >= 4 is 51.2 Å². The number of hydrogen-bond donors (Lipinski definition) is 4. The van der Waals surface area contributed by atoms with E-state index in [2.05, 4.69) is 32.6 Å². The smallest absolute Gasteiger partial charge is 0.168 e. The van der Waals surface area contributed by atoms with Gasteiger partial charge in [0.05, 0.1) is 51.5 Å². The highest BCUT2D eigenvalue weighted by molar-refractivity contribution is 6.36. The number of benzene rings is 3. The first-order chi connectivity index (χ1) is 20.2. The molecule has 0 saturated heterocycles. The molecule has 3 aromatic carbocycles. The molecule has 204 valence electrons. The first-order valence-electron chi connectivity index (χ1n) is 13.0. The predicted molar refractivity (Wildman–Crippen MR) is 153 cm³/mol. The van der Waals surface area contributed by atoms with Crippen LogP contribution in [-0.4, -0.2) is 16.0 Å². The summed E-state index contributed by atoms with van der Waals surface area (Å²) in [5, 5.41) is 27.2. The summed E-state index contributed by atoms with van der Waals surface area (Å²) in [6.07, 6.45) is 5.07. The molecule has 1 saturated carbocycles. The van der Waals surface area contributed by atoms with Crippen LogP contribution < -0.4 is 21.6 Å². The van der Waals surface area contributed by atoms with Crippen molar-refractivity contribution in [3.05, 3.63) is 105 Å². The zero-order chi connectivity index (χ0) is 29.6. The molecular formula is C29H20Cl2F2N8. The summed E-state index contributed by atoms with van der Waals surface area (Å²) in [6.45, 7) is 0. The Hall–Kier alpha value is -4.61. The summed E-state index contributed by atoms with van der Waals surface area (Å²) >= 11 is 12.5. The molecule has 1 aliphatic heterocycles. The molecule has 4 aromatic rings. The Morgan fingerprint density at radius 2 is 1.90 bits per heavy atom. The van der Waals surface area contributed by atoms with Crippen LogP contribution in [0.3, 0.4) is 0 Å². The Balaban J connectivity index is 1.49. The molecule has 1 atom stereocenters. The van der Waals surface area contributed by atoms with Crippen molar-refractivity contribution in [3.8, 4) is 12.1 Å². The maximum atomic E-state index is 14.8. The highest BCUT2D eigenvalue weighted by Crippen LogP contribution is 2.39. The van der Waals surface area contributed by atoms with Gasteiger partial charge in [0.15, 0.2) is 5.82 Å². The second-order valence-electron chi connectivity index (χ2n) is 9.47. The van der Waals surface area contributed by atoms with Crippen LogP contribution in [0.4, 0.5) is 25.8 Å². The summed E-state index contributed by atoms with van der Waals surface area (Å²) in [4.78, 5) is 4.29. The number of hydrogen-bond acceptors (Lipinski definition) is 8. The number of pyridine rings is 1. The highest BCUT2D eigenvalue weighted by Gasteiger charge is 2.32. The van der Waals surface area contributed by atoms with Crippen LogP contribution in [-0.2, 0) is 0 Å². The first kappa shape index (κ1) is 25.4. The maximum Gasteiger partial charge on any atom is 0.168 e. The van der Waals surface area contributed by atoms with Crippen molar-refractivity contribution in [2.45, 2.75) is 24.9 Å². The van der Waals surface area contributed by atoms with E-state index in [4.69, 9.17) is 23.2 Å². The number of anilines is 3. The molecule has 1 aliphatic carbocycles. The Labute approximate surface area is 245 Å². The maximum absolute atomic E-state index is 14.8. The van der Waals surface area contributed by atoms with Crippen LogP contribution in [0.1, 0.15) is 36.9 Å². The van der Waals surface area contributed by atoms with E-state index in [1.807, 2.05) is 11.1 Å². The molecule has 6 rings (SSSR count). The van der Waals surface area contributed by atoms with Crippen LogP contribution in [0.25, 0.3) is 10.9 Å². The van der Waals surface area contributed by atoms with Crippen molar-refractivity contribution in [2.24, 2.45) is 0 Å². The van der Waals surface area contributed by atoms with E-state index < -0.39 is 23.3 Å². The lowest BCUT2D eigenvalue weighted by Gasteiger charge is -2.22. The number of aromatic nitrogens is 1. The predicted octanol–water partition coefficient (Wildman–Crippen LogP) is 6.79. The Morgan fingerprint density at radius 3 is 2.66 bits per heavy atom. The molecule has 1 fully saturated rings. The van der Waals surface area contributed by atoms with Gasteiger partial charge in [-0.15, -0.1) is 5.53 Å². The molecule has 0 radical (unpaired) electrons. The lowest BCUT2D eigenvalue weighted by molar-refractivity contribution is 0.260. The molecule has 0 unspecified atom stereocenters. The minimum absolute atomic E-state index is 0.00204. The molecule has 2 heterocycles. The Bertz CT molecular complexity index is 1870. The number of nitriles is 2. The largest absolute Gasteiger partial charge is 0.373 e. The van der Waals surface area contributed by atoms with Crippen molar-refractivity contribution in [3.63, 3.8) is 0 Å². The van der Waals surface area contributed by atoms with Crippen molar-refractivity contribution in [1.82, 2.24) is 21.0 Å². The van der Waals surface area contributed by atoms with Gasteiger partial charge < -0.3 is 16.1 Å². The summed E-state index contributed by atoms with van der Waals surface area (Å²) in [5.74, 6) is -1.94. The fourth-order valence-corrected chi connectivity index (χ4v) is 4.93. The second kappa shape index (κ2) is 10.8. The van der Waals surface area contributed by atoms with Crippen LogP contribution in [0.15, 0.2) is 66.6 Å². The number of nitrogens with zero attached hydrogens (tertiary/aromatic N) is 4. The molecule has 0 spiro atoms. The van der Waals surface area contributed by atoms with Gasteiger partial charge in [0.1, 0.15) is 17.6 Å². The van der Waals surface area contributed by atoms with E-state index in [9.17, 15) is 20.7 Å². The number of fused-ring (bicyclic) bond motifs is 1. The molecule has 0 bridgehead atoms. The van der Waals surface area contributed by atoms with Crippen LogP contribution in [0.5, 0.6) is 0 Å². The lowest BCUT2D eigenvalue weighted by atomic mass is 10.0. The van der Waals surface area contributed by atoms with E-state index in [-0.39, 0.29) is 32.2 Å². The molecule has 0 amide bonds. The van der Waals surface area contributed by atoms with Crippen molar-refractivity contribution in [1.29, 1.82) is 10.5 Å². The fraction of sp³-hybridized carbons (Fsp3) is 0.138. The fourth-order valence-electron chi connectivity index (χ4n) is 4.51. The third kappa shape index (κ3) is 5.17.